The van der Waals surface area contributed by atoms with Crippen LogP contribution in [0.1, 0.15) is 46.5 Å². The normalized spacial score (nSPS) is 13.7. The number of carbonyl (C=O) groups excluding carboxylic acids is 1. The van der Waals surface area contributed by atoms with Crippen molar-refractivity contribution in [2.75, 3.05) is 0 Å². The van der Waals surface area contributed by atoms with Crippen molar-refractivity contribution in [1.29, 1.82) is 0 Å². The molecule has 27 heavy (non-hydrogen) atoms. The topological polar surface area (TPSA) is 67.6 Å². The first-order valence-corrected chi connectivity index (χ1v) is 9.63. The number of H-pyrrole nitrogens is 1. The molecule has 1 aromatic carbocycles. The Balaban J connectivity index is 1.56. The quantitative estimate of drug-likeness (QED) is 0.627. The highest BCUT2D eigenvalue weighted by atomic mass is 35.5. The predicted octanol–water partition coefficient (Wildman–Crippen LogP) is 4.27. The zero-order valence-corrected chi connectivity index (χ0v) is 16.7. The van der Waals surface area contributed by atoms with Crippen LogP contribution in [0.15, 0.2) is 30.3 Å². The Morgan fingerprint density at radius 2 is 2.15 bits per heavy atom. The Hall–Kier alpha value is -2.38. The summed E-state index contributed by atoms with van der Waals surface area (Å²) < 4.78 is 4.65. The molecule has 0 radical (unpaired) electrons. The third-order valence-corrected chi connectivity index (χ3v) is 5.36. The summed E-state index contributed by atoms with van der Waals surface area (Å²) in [7, 11) is 0. The standard InChI is InChI=1S/C19H20ClN5OS/c1-11-8-16(12(2)24(11)15-5-3-4-13(20)9-15)18(26)21-10-17-22-23-19(27)25(17)14-6-7-14/h3-5,8-9,14H,6-7,10H2,1-2H3,(H,21,26)(H,23,27). The van der Waals surface area contributed by atoms with E-state index in [2.05, 4.69) is 15.5 Å². The maximum absolute atomic E-state index is 12.8. The zero-order chi connectivity index (χ0) is 19.1. The van der Waals surface area contributed by atoms with Crippen molar-refractivity contribution >= 4 is 29.7 Å². The van der Waals surface area contributed by atoms with Gasteiger partial charge in [0, 0.05) is 28.1 Å². The summed E-state index contributed by atoms with van der Waals surface area (Å²) in [5.41, 5.74) is 3.42. The molecular weight excluding hydrogens is 382 g/mol. The number of hydrogen-bond donors (Lipinski definition) is 2. The molecule has 1 saturated carbocycles. The molecule has 8 heteroatoms. The molecule has 0 spiro atoms. The molecule has 1 amide bonds. The Bertz CT molecular complexity index is 1080. The van der Waals surface area contributed by atoms with Crippen LogP contribution in [0.3, 0.4) is 0 Å². The monoisotopic (exact) mass is 401 g/mol. The number of nitrogens with one attached hydrogen (secondary N) is 2. The lowest BCUT2D eigenvalue weighted by Crippen LogP contribution is -2.25. The van der Waals surface area contributed by atoms with Gasteiger partial charge in [-0.05, 0) is 63.2 Å². The lowest BCUT2D eigenvalue weighted by Gasteiger charge is -2.11. The first kappa shape index (κ1) is 18.0. The number of nitrogens with zero attached hydrogens (tertiary/aromatic N) is 3. The molecule has 4 rings (SSSR count). The van der Waals surface area contributed by atoms with E-state index in [0.717, 1.165) is 35.7 Å². The highest BCUT2D eigenvalue weighted by Crippen LogP contribution is 2.35. The van der Waals surface area contributed by atoms with Gasteiger partial charge < -0.3 is 9.88 Å². The minimum absolute atomic E-state index is 0.132. The van der Waals surface area contributed by atoms with Crippen LogP contribution in [0, 0.1) is 18.6 Å². The van der Waals surface area contributed by atoms with Crippen molar-refractivity contribution in [1.82, 2.24) is 24.6 Å². The fourth-order valence-electron chi connectivity index (χ4n) is 3.43. The molecule has 0 saturated heterocycles. The van der Waals surface area contributed by atoms with E-state index in [0.29, 0.717) is 27.9 Å². The first-order valence-electron chi connectivity index (χ1n) is 8.84. The second-order valence-electron chi connectivity index (χ2n) is 6.83. The molecule has 0 atom stereocenters. The molecule has 0 unspecified atom stereocenters. The molecule has 2 N–H and O–H groups in total. The van der Waals surface area contributed by atoms with Crippen LogP contribution in [-0.2, 0) is 6.54 Å². The maximum Gasteiger partial charge on any atom is 0.253 e. The van der Waals surface area contributed by atoms with E-state index in [9.17, 15) is 4.79 Å². The van der Waals surface area contributed by atoms with E-state index in [-0.39, 0.29) is 5.91 Å². The molecule has 1 fully saturated rings. The van der Waals surface area contributed by atoms with Crippen molar-refractivity contribution in [3.63, 3.8) is 0 Å². The van der Waals surface area contributed by atoms with Crippen LogP contribution in [-0.4, -0.2) is 25.2 Å². The molecule has 0 aliphatic heterocycles. The van der Waals surface area contributed by atoms with Gasteiger partial charge in [0.05, 0.1) is 12.1 Å². The van der Waals surface area contributed by atoms with E-state index in [1.165, 1.54) is 0 Å². The van der Waals surface area contributed by atoms with Crippen LogP contribution in [0.25, 0.3) is 5.69 Å². The van der Waals surface area contributed by atoms with Crippen LogP contribution >= 0.6 is 23.8 Å². The van der Waals surface area contributed by atoms with Crippen LogP contribution < -0.4 is 5.32 Å². The van der Waals surface area contributed by atoms with Gasteiger partial charge in [-0.15, -0.1) is 0 Å². The van der Waals surface area contributed by atoms with Gasteiger partial charge in [-0.25, -0.2) is 0 Å². The van der Waals surface area contributed by atoms with E-state index in [4.69, 9.17) is 23.8 Å². The Labute approximate surface area is 167 Å². The summed E-state index contributed by atoms with van der Waals surface area (Å²) >= 11 is 11.4. The predicted molar refractivity (Wildman–Crippen MR) is 107 cm³/mol. The largest absolute Gasteiger partial charge is 0.345 e. The lowest BCUT2D eigenvalue weighted by molar-refractivity contribution is 0.0949. The van der Waals surface area contributed by atoms with Gasteiger partial charge in [-0.1, -0.05) is 17.7 Å². The van der Waals surface area contributed by atoms with Gasteiger partial charge >= 0.3 is 0 Å². The zero-order valence-electron chi connectivity index (χ0n) is 15.1. The molecule has 1 aliphatic carbocycles. The third kappa shape index (κ3) is 3.44. The molecule has 2 aromatic heterocycles. The second-order valence-corrected chi connectivity index (χ2v) is 7.65. The number of aryl methyl sites for hydroxylation is 1. The Morgan fingerprint density at radius 1 is 1.37 bits per heavy atom. The van der Waals surface area contributed by atoms with E-state index < -0.39 is 0 Å². The number of halogens is 1. The fraction of sp³-hybridized carbons (Fsp3) is 0.316. The number of benzene rings is 1. The Kier molecular flexibility index (Phi) is 4.65. The first-order chi connectivity index (χ1) is 13.0. The number of carbonyl (C=O) groups is 1. The van der Waals surface area contributed by atoms with Gasteiger partial charge in [0.15, 0.2) is 10.6 Å². The van der Waals surface area contributed by atoms with Crippen LogP contribution in [0.2, 0.25) is 5.02 Å². The summed E-state index contributed by atoms with van der Waals surface area (Å²) in [4.78, 5) is 12.8. The summed E-state index contributed by atoms with van der Waals surface area (Å²) in [6.07, 6.45) is 2.21. The van der Waals surface area contributed by atoms with Crippen LogP contribution in [0.5, 0.6) is 0 Å². The van der Waals surface area contributed by atoms with E-state index in [1.54, 1.807) is 0 Å². The molecule has 0 bridgehead atoms. The SMILES string of the molecule is Cc1cc(C(=O)NCc2n[nH]c(=S)n2C2CC2)c(C)n1-c1cccc(Cl)c1. The third-order valence-electron chi connectivity index (χ3n) is 4.84. The smallest absolute Gasteiger partial charge is 0.253 e. The minimum Gasteiger partial charge on any atom is -0.345 e. The van der Waals surface area contributed by atoms with Crippen molar-refractivity contribution < 1.29 is 4.79 Å². The maximum atomic E-state index is 12.8. The van der Waals surface area contributed by atoms with Crippen molar-refractivity contribution in [2.45, 2.75) is 39.3 Å². The van der Waals surface area contributed by atoms with Crippen LogP contribution in [0.4, 0.5) is 0 Å². The van der Waals surface area contributed by atoms with Crippen molar-refractivity contribution in [3.05, 3.63) is 62.9 Å². The van der Waals surface area contributed by atoms with Gasteiger partial charge in [-0.3, -0.25) is 14.5 Å². The van der Waals surface area contributed by atoms with Crippen molar-refractivity contribution in [2.24, 2.45) is 0 Å². The van der Waals surface area contributed by atoms with Gasteiger partial charge in [0.1, 0.15) is 0 Å². The summed E-state index contributed by atoms with van der Waals surface area (Å²) in [5.74, 6) is 0.632. The molecule has 140 valence electrons. The number of aromatic nitrogens is 4. The van der Waals surface area contributed by atoms with Gasteiger partial charge in [0.2, 0.25) is 0 Å². The molecular formula is C19H20ClN5OS. The lowest BCUT2D eigenvalue weighted by atomic mass is 10.2. The van der Waals surface area contributed by atoms with Crippen molar-refractivity contribution in [3.8, 4) is 5.69 Å². The van der Waals surface area contributed by atoms with E-state index >= 15 is 0 Å². The average Bonchev–Trinajstić information content (AvgIpc) is 3.33. The van der Waals surface area contributed by atoms with E-state index in [1.807, 2.05) is 53.3 Å². The number of amides is 1. The summed E-state index contributed by atoms with van der Waals surface area (Å²) in [5, 5.41) is 10.7. The molecule has 6 nitrogen and oxygen atoms in total. The highest BCUT2D eigenvalue weighted by molar-refractivity contribution is 7.71. The fourth-order valence-corrected chi connectivity index (χ4v) is 3.92. The van der Waals surface area contributed by atoms with Gasteiger partial charge in [-0.2, -0.15) is 5.10 Å². The minimum atomic E-state index is -0.132. The summed E-state index contributed by atoms with van der Waals surface area (Å²) in [6.45, 7) is 4.25. The number of hydrogen-bond acceptors (Lipinski definition) is 3. The molecule has 2 heterocycles. The molecule has 1 aliphatic rings. The summed E-state index contributed by atoms with van der Waals surface area (Å²) in [6, 6.07) is 9.90. The number of rotatable bonds is 5. The highest BCUT2D eigenvalue weighted by Gasteiger charge is 2.27. The Morgan fingerprint density at radius 3 is 2.85 bits per heavy atom. The second kappa shape index (κ2) is 6.98. The molecule has 3 aromatic rings. The average molecular weight is 402 g/mol. The van der Waals surface area contributed by atoms with Gasteiger partial charge in [0.25, 0.3) is 5.91 Å². The number of aromatic amines is 1.